The van der Waals surface area contributed by atoms with E-state index >= 15 is 0 Å². The number of benzene rings is 1. The monoisotopic (exact) mass is 193 g/mol. The zero-order valence-electron chi connectivity index (χ0n) is 7.55. The van der Waals surface area contributed by atoms with Gasteiger partial charge in [-0.25, -0.2) is 4.99 Å². The molecule has 1 atom stereocenters. The number of ether oxygens (including phenoxy) is 1. The van der Waals surface area contributed by atoms with Crippen LogP contribution in [0.4, 0.5) is 0 Å². The number of aromatic hydroxyl groups is 1. The van der Waals surface area contributed by atoms with Crippen molar-refractivity contribution >= 4 is 5.90 Å². The van der Waals surface area contributed by atoms with E-state index < -0.39 is 0 Å². The number of nitrogens with zero attached hydrogens (tertiary/aromatic N) is 1. The highest BCUT2D eigenvalue weighted by Crippen LogP contribution is 2.20. The molecule has 1 aromatic rings. The van der Waals surface area contributed by atoms with Gasteiger partial charge in [0.05, 0.1) is 12.2 Å². The Morgan fingerprint density at radius 1 is 1.43 bits per heavy atom. The summed E-state index contributed by atoms with van der Waals surface area (Å²) in [5, 5.41) is 18.4. The van der Waals surface area contributed by atoms with E-state index in [1.54, 1.807) is 24.3 Å². The maximum absolute atomic E-state index is 9.51. The van der Waals surface area contributed by atoms with Crippen LogP contribution in [0.3, 0.4) is 0 Å². The lowest BCUT2D eigenvalue weighted by atomic mass is 10.2. The van der Waals surface area contributed by atoms with Crippen molar-refractivity contribution in [2.75, 3.05) is 13.2 Å². The summed E-state index contributed by atoms with van der Waals surface area (Å²) in [5.74, 6) is 0.548. The Balaban J connectivity index is 2.28. The number of rotatable bonds is 2. The highest BCUT2D eigenvalue weighted by atomic mass is 16.5. The third-order valence-corrected chi connectivity index (χ3v) is 2.06. The van der Waals surface area contributed by atoms with Gasteiger partial charge in [0, 0.05) is 0 Å². The number of phenols is 1. The number of hydrogen-bond donors (Lipinski definition) is 2. The topological polar surface area (TPSA) is 62.0 Å². The third-order valence-electron chi connectivity index (χ3n) is 2.06. The lowest BCUT2D eigenvalue weighted by molar-refractivity contribution is 0.227. The Labute approximate surface area is 81.5 Å². The van der Waals surface area contributed by atoms with E-state index in [-0.39, 0.29) is 18.4 Å². The fourth-order valence-corrected chi connectivity index (χ4v) is 1.31. The van der Waals surface area contributed by atoms with Gasteiger partial charge >= 0.3 is 0 Å². The van der Waals surface area contributed by atoms with Crippen LogP contribution in [0, 0.1) is 0 Å². The second kappa shape index (κ2) is 3.67. The van der Waals surface area contributed by atoms with Crippen LogP contribution in [0.1, 0.15) is 5.56 Å². The van der Waals surface area contributed by atoms with Crippen molar-refractivity contribution in [3.63, 3.8) is 0 Å². The first-order valence-electron chi connectivity index (χ1n) is 4.41. The molecule has 74 valence electrons. The van der Waals surface area contributed by atoms with Crippen LogP contribution in [-0.4, -0.2) is 35.4 Å². The molecule has 0 saturated heterocycles. The van der Waals surface area contributed by atoms with Crippen LogP contribution in [0.2, 0.25) is 0 Å². The van der Waals surface area contributed by atoms with E-state index in [4.69, 9.17) is 9.84 Å². The number of aliphatic imine (C=N–C) groups is 1. The second-order valence-electron chi connectivity index (χ2n) is 3.10. The maximum atomic E-state index is 9.51. The molecule has 0 bridgehead atoms. The fourth-order valence-electron chi connectivity index (χ4n) is 1.31. The van der Waals surface area contributed by atoms with Crippen molar-refractivity contribution in [1.82, 2.24) is 0 Å². The summed E-state index contributed by atoms with van der Waals surface area (Å²) in [6.07, 6.45) is 0. The molecule has 0 fully saturated rings. The normalized spacial score (nSPS) is 20.4. The van der Waals surface area contributed by atoms with Gasteiger partial charge < -0.3 is 14.9 Å². The van der Waals surface area contributed by atoms with Crippen molar-refractivity contribution in [2.45, 2.75) is 6.04 Å². The average Bonchev–Trinajstić information content (AvgIpc) is 2.67. The molecule has 1 aromatic carbocycles. The van der Waals surface area contributed by atoms with Gasteiger partial charge in [0.1, 0.15) is 18.4 Å². The first kappa shape index (κ1) is 9.02. The third kappa shape index (κ3) is 1.56. The van der Waals surface area contributed by atoms with Gasteiger partial charge in [-0.1, -0.05) is 12.1 Å². The van der Waals surface area contributed by atoms with E-state index in [1.165, 1.54) is 0 Å². The minimum absolute atomic E-state index is 0.0307. The lowest BCUT2D eigenvalue weighted by Gasteiger charge is -2.02. The van der Waals surface area contributed by atoms with E-state index in [2.05, 4.69) is 4.99 Å². The summed E-state index contributed by atoms with van der Waals surface area (Å²) in [5.41, 5.74) is 0.573. The molecule has 4 nitrogen and oxygen atoms in total. The van der Waals surface area contributed by atoms with Crippen molar-refractivity contribution in [2.24, 2.45) is 4.99 Å². The molecule has 2 rings (SSSR count). The molecule has 1 aliphatic rings. The predicted molar refractivity (Wildman–Crippen MR) is 51.5 cm³/mol. The van der Waals surface area contributed by atoms with Crippen molar-refractivity contribution in [3.05, 3.63) is 29.8 Å². The first-order chi connectivity index (χ1) is 6.81. The van der Waals surface area contributed by atoms with E-state index in [0.29, 0.717) is 18.1 Å². The minimum Gasteiger partial charge on any atom is -0.507 e. The number of aliphatic hydroxyl groups excluding tert-OH is 1. The van der Waals surface area contributed by atoms with Crippen LogP contribution in [0.15, 0.2) is 29.3 Å². The maximum Gasteiger partial charge on any atom is 0.220 e. The van der Waals surface area contributed by atoms with E-state index in [0.717, 1.165) is 0 Å². The Morgan fingerprint density at radius 2 is 2.21 bits per heavy atom. The molecule has 0 radical (unpaired) electrons. The quantitative estimate of drug-likeness (QED) is 0.720. The highest BCUT2D eigenvalue weighted by molar-refractivity contribution is 5.97. The molecule has 1 heterocycles. The standard InChI is InChI=1S/C10H11NO3/c12-5-7-6-14-10(11-7)8-3-1-2-4-9(8)13/h1-4,7,12-13H,5-6H2/t7-/m0/s1. The summed E-state index contributed by atoms with van der Waals surface area (Å²) in [4.78, 5) is 4.12. The van der Waals surface area contributed by atoms with Crippen molar-refractivity contribution in [1.29, 1.82) is 0 Å². The average molecular weight is 193 g/mol. The fraction of sp³-hybridized carbons (Fsp3) is 0.300. The summed E-state index contributed by atoms with van der Waals surface area (Å²) in [6, 6.07) is 6.64. The number of aliphatic hydroxyl groups is 1. The molecular weight excluding hydrogens is 182 g/mol. The SMILES string of the molecule is OC[C@H]1COC(c2ccccc2O)=N1. The van der Waals surface area contributed by atoms with Crippen LogP contribution in [-0.2, 0) is 4.74 Å². The molecule has 0 amide bonds. The largest absolute Gasteiger partial charge is 0.507 e. The summed E-state index contributed by atoms with van der Waals surface area (Å²) in [6.45, 7) is 0.345. The van der Waals surface area contributed by atoms with Crippen LogP contribution in [0.25, 0.3) is 0 Å². The molecule has 0 aromatic heterocycles. The van der Waals surface area contributed by atoms with E-state index in [9.17, 15) is 5.11 Å². The van der Waals surface area contributed by atoms with Crippen LogP contribution in [0.5, 0.6) is 5.75 Å². The molecule has 14 heavy (non-hydrogen) atoms. The predicted octanol–water partition coefficient (Wildman–Crippen LogP) is 0.530. The molecule has 4 heteroatoms. The highest BCUT2D eigenvalue weighted by Gasteiger charge is 2.20. The molecule has 0 saturated carbocycles. The molecule has 0 unspecified atom stereocenters. The molecule has 1 aliphatic heterocycles. The zero-order chi connectivity index (χ0) is 9.97. The van der Waals surface area contributed by atoms with Gasteiger partial charge in [-0.15, -0.1) is 0 Å². The van der Waals surface area contributed by atoms with Crippen molar-refractivity contribution in [3.8, 4) is 5.75 Å². The summed E-state index contributed by atoms with van der Waals surface area (Å²) in [7, 11) is 0. The Morgan fingerprint density at radius 3 is 2.86 bits per heavy atom. The molecule has 0 spiro atoms. The van der Waals surface area contributed by atoms with Gasteiger partial charge in [-0.05, 0) is 12.1 Å². The minimum atomic E-state index is -0.204. The zero-order valence-corrected chi connectivity index (χ0v) is 7.55. The van der Waals surface area contributed by atoms with Crippen molar-refractivity contribution < 1.29 is 14.9 Å². The van der Waals surface area contributed by atoms with E-state index in [1.807, 2.05) is 0 Å². The Bertz CT molecular complexity index is 362. The Kier molecular flexibility index (Phi) is 2.37. The summed E-state index contributed by atoms with van der Waals surface area (Å²) >= 11 is 0. The molecular formula is C10H11NO3. The second-order valence-corrected chi connectivity index (χ2v) is 3.10. The molecule has 0 aliphatic carbocycles. The number of phenolic OH excluding ortho intramolecular Hbond substituents is 1. The van der Waals surface area contributed by atoms with Gasteiger partial charge in [-0.2, -0.15) is 0 Å². The smallest absolute Gasteiger partial charge is 0.220 e. The Hall–Kier alpha value is -1.55. The number of hydrogen-bond acceptors (Lipinski definition) is 4. The van der Waals surface area contributed by atoms with Gasteiger partial charge in [0.15, 0.2) is 0 Å². The number of para-hydroxylation sites is 1. The first-order valence-corrected chi connectivity index (χ1v) is 4.41. The van der Waals surface area contributed by atoms with Crippen LogP contribution >= 0.6 is 0 Å². The van der Waals surface area contributed by atoms with Gasteiger partial charge in [0.25, 0.3) is 0 Å². The van der Waals surface area contributed by atoms with Crippen LogP contribution < -0.4 is 0 Å². The summed E-state index contributed by atoms with van der Waals surface area (Å²) < 4.78 is 5.25. The van der Waals surface area contributed by atoms with Gasteiger partial charge in [-0.3, -0.25) is 0 Å². The molecule has 2 N–H and O–H groups in total. The lowest BCUT2D eigenvalue weighted by Crippen LogP contribution is -2.10. The van der Waals surface area contributed by atoms with Gasteiger partial charge in [0.2, 0.25) is 5.90 Å².